The fourth-order valence-corrected chi connectivity index (χ4v) is 2.82. The summed E-state index contributed by atoms with van der Waals surface area (Å²) >= 11 is 0. The van der Waals surface area contributed by atoms with E-state index in [9.17, 15) is 0 Å². The van der Waals surface area contributed by atoms with E-state index in [0.29, 0.717) is 5.41 Å². The minimum atomic E-state index is 0.405. The van der Waals surface area contributed by atoms with Gasteiger partial charge in [-0.05, 0) is 12.0 Å². The molecule has 5 aliphatic rings. The lowest BCUT2D eigenvalue weighted by atomic mass is 9.74. The van der Waals surface area contributed by atoms with Gasteiger partial charge in [0.15, 0.2) is 0 Å². The zero-order valence-electron chi connectivity index (χ0n) is 6.70. The quantitative estimate of drug-likeness (QED) is 0.519. The Morgan fingerprint density at radius 2 is 2.50 bits per heavy atom. The maximum Gasteiger partial charge on any atom is 0.111 e. The van der Waals surface area contributed by atoms with Gasteiger partial charge in [-0.15, -0.1) is 0 Å². The van der Waals surface area contributed by atoms with Crippen molar-refractivity contribution >= 4 is 6.34 Å². The lowest BCUT2D eigenvalue weighted by Gasteiger charge is -2.32. The van der Waals surface area contributed by atoms with E-state index in [0.717, 1.165) is 13.2 Å². The molecule has 1 unspecified atom stereocenters. The number of nitrogens with zero attached hydrogens (tertiary/aromatic N) is 3. The summed E-state index contributed by atoms with van der Waals surface area (Å²) in [6.07, 6.45) is 7.87. The Morgan fingerprint density at radius 1 is 1.50 bits per heavy atom. The van der Waals surface area contributed by atoms with Gasteiger partial charge in [0.2, 0.25) is 0 Å². The summed E-state index contributed by atoms with van der Waals surface area (Å²) in [5, 5.41) is 4.55. The van der Waals surface area contributed by atoms with E-state index >= 15 is 0 Å². The van der Waals surface area contributed by atoms with Crippen LogP contribution in [0.15, 0.2) is 28.4 Å². The number of allylic oxidation sites excluding steroid dienone is 2. The second-order valence-electron chi connectivity index (χ2n) is 3.99. The molecule has 60 valence electrons. The number of hydrazine groups is 1. The molecule has 3 nitrogen and oxygen atoms in total. The van der Waals surface area contributed by atoms with Gasteiger partial charge in [0.25, 0.3) is 0 Å². The molecule has 2 aliphatic heterocycles. The van der Waals surface area contributed by atoms with Crippen molar-refractivity contribution in [2.45, 2.75) is 6.42 Å². The lowest BCUT2D eigenvalue weighted by Crippen LogP contribution is -2.29. The van der Waals surface area contributed by atoms with Crippen LogP contribution in [0, 0.1) is 5.41 Å². The molecule has 3 aliphatic carbocycles. The van der Waals surface area contributed by atoms with Crippen molar-refractivity contribution in [1.82, 2.24) is 10.0 Å². The molecule has 2 heterocycles. The van der Waals surface area contributed by atoms with Gasteiger partial charge in [0.05, 0.1) is 5.70 Å². The average molecular weight is 159 g/mol. The fourth-order valence-electron chi connectivity index (χ4n) is 2.82. The highest BCUT2D eigenvalue weighted by Crippen LogP contribution is 2.59. The first-order valence-corrected chi connectivity index (χ1v) is 4.36. The maximum atomic E-state index is 4.24. The highest BCUT2D eigenvalue weighted by atomic mass is 15.7. The van der Waals surface area contributed by atoms with Crippen molar-refractivity contribution in [3.63, 3.8) is 0 Å². The third-order valence-electron chi connectivity index (χ3n) is 3.32. The van der Waals surface area contributed by atoms with Crippen molar-refractivity contribution in [2.75, 3.05) is 13.2 Å². The second kappa shape index (κ2) is 1.38. The first-order valence-electron chi connectivity index (χ1n) is 4.36. The Labute approximate surface area is 70.6 Å². The molecule has 0 aromatic heterocycles. The molecule has 1 fully saturated rings. The zero-order valence-corrected chi connectivity index (χ0v) is 6.70. The van der Waals surface area contributed by atoms with Gasteiger partial charge >= 0.3 is 0 Å². The summed E-state index contributed by atoms with van der Waals surface area (Å²) in [6.45, 7) is 1.99. The molecule has 0 aromatic rings. The van der Waals surface area contributed by atoms with Crippen LogP contribution in [-0.2, 0) is 0 Å². The second-order valence-corrected chi connectivity index (χ2v) is 3.99. The molecule has 3 heteroatoms. The van der Waals surface area contributed by atoms with E-state index in [1.165, 1.54) is 17.7 Å². The molecule has 1 atom stereocenters. The zero-order chi connectivity index (χ0) is 7.76. The Kier molecular flexibility index (Phi) is 0.635. The van der Waals surface area contributed by atoms with Gasteiger partial charge in [-0.25, -0.2) is 0 Å². The van der Waals surface area contributed by atoms with Crippen LogP contribution < -0.4 is 0 Å². The number of rotatable bonds is 0. The molecule has 0 radical (unpaired) electrons. The van der Waals surface area contributed by atoms with Crippen molar-refractivity contribution in [3.8, 4) is 0 Å². The minimum absolute atomic E-state index is 0.405. The van der Waals surface area contributed by atoms with Crippen LogP contribution in [0.25, 0.3) is 0 Å². The van der Waals surface area contributed by atoms with Crippen molar-refractivity contribution in [3.05, 3.63) is 23.4 Å². The molecule has 1 saturated heterocycles. The number of hydrogen-bond donors (Lipinski definition) is 0. The number of hydrogen-bond acceptors (Lipinski definition) is 3. The molecule has 5 rings (SSSR count). The van der Waals surface area contributed by atoms with Gasteiger partial charge in [0, 0.05) is 12.0 Å². The van der Waals surface area contributed by atoms with Gasteiger partial charge in [-0.1, -0.05) is 12.2 Å². The lowest BCUT2D eigenvalue weighted by molar-refractivity contribution is 0.157. The standard InChI is InChI=1S/C9H9N3/c1-2-9-3-7(1)8(9)12-6-10-5-11(12)4-9/h1-2,6H,3-5H2. The van der Waals surface area contributed by atoms with E-state index in [2.05, 4.69) is 27.2 Å². The molecule has 0 saturated carbocycles. The monoisotopic (exact) mass is 159 g/mol. The van der Waals surface area contributed by atoms with Crippen LogP contribution in [0.1, 0.15) is 6.42 Å². The largest absolute Gasteiger partial charge is 0.265 e. The molecule has 0 N–H and O–H groups in total. The summed E-state index contributed by atoms with van der Waals surface area (Å²) < 4.78 is 0. The number of fused-ring (bicyclic) bond motifs is 1. The first kappa shape index (κ1) is 5.54. The van der Waals surface area contributed by atoms with E-state index < -0.39 is 0 Å². The third kappa shape index (κ3) is 0.368. The van der Waals surface area contributed by atoms with E-state index in [1.54, 1.807) is 0 Å². The van der Waals surface area contributed by atoms with Crippen molar-refractivity contribution in [2.24, 2.45) is 10.4 Å². The Morgan fingerprint density at radius 3 is 3.42 bits per heavy atom. The smallest absolute Gasteiger partial charge is 0.111 e. The predicted molar refractivity (Wildman–Crippen MR) is 45.1 cm³/mol. The molecule has 12 heavy (non-hydrogen) atoms. The fraction of sp³-hybridized carbons (Fsp3) is 0.444. The van der Waals surface area contributed by atoms with E-state index in [1.807, 2.05) is 6.34 Å². The Bertz CT molecular complexity index is 366. The Balaban J connectivity index is 1.94. The van der Waals surface area contributed by atoms with Gasteiger partial charge < -0.3 is 0 Å². The van der Waals surface area contributed by atoms with Gasteiger partial charge in [-0.3, -0.25) is 10.0 Å². The van der Waals surface area contributed by atoms with Crippen molar-refractivity contribution < 1.29 is 0 Å². The van der Waals surface area contributed by atoms with E-state index in [4.69, 9.17) is 0 Å². The van der Waals surface area contributed by atoms with Crippen LogP contribution in [0.3, 0.4) is 0 Å². The van der Waals surface area contributed by atoms with Crippen LogP contribution in [-0.4, -0.2) is 29.6 Å². The van der Waals surface area contributed by atoms with Crippen molar-refractivity contribution in [1.29, 1.82) is 0 Å². The normalized spacial score (nSPS) is 40.8. The van der Waals surface area contributed by atoms with E-state index in [-0.39, 0.29) is 0 Å². The summed E-state index contributed by atoms with van der Waals surface area (Å²) in [7, 11) is 0. The van der Waals surface area contributed by atoms with Gasteiger partial charge in [0.1, 0.15) is 13.0 Å². The molecule has 2 bridgehead atoms. The average Bonchev–Trinajstić information content (AvgIpc) is 2.65. The summed E-state index contributed by atoms with van der Waals surface area (Å²) in [4.78, 5) is 4.24. The number of aliphatic imine (C=N–C) groups is 1. The van der Waals surface area contributed by atoms with Crippen LogP contribution in [0.4, 0.5) is 0 Å². The molecule has 0 amide bonds. The summed E-state index contributed by atoms with van der Waals surface area (Å²) in [6, 6.07) is 0. The van der Waals surface area contributed by atoms with Gasteiger partial charge in [-0.2, -0.15) is 5.01 Å². The summed E-state index contributed by atoms with van der Waals surface area (Å²) in [5.74, 6) is 0. The molecular formula is C9H9N3. The molecular weight excluding hydrogens is 150 g/mol. The SMILES string of the molecule is C1=CC23CC1=C2N1C=NCN1C3. The third-order valence-corrected chi connectivity index (χ3v) is 3.32. The van der Waals surface area contributed by atoms with Crippen LogP contribution in [0.2, 0.25) is 0 Å². The Hall–Kier alpha value is -1.09. The topological polar surface area (TPSA) is 18.8 Å². The van der Waals surface area contributed by atoms with Crippen LogP contribution in [0.5, 0.6) is 0 Å². The molecule has 1 spiro atoms. The first-order chi connectivity index (χ1) is 5.89. The van der Waals surface area contributed by atoms with Crippen LogP contribution >= 0.6 is 0 Å². The maximum absolute atomic E-state index is 4.24. The minimum Gasteiger partial charge on any atom is -0.265 e. The highest BCUT2D eigenvalue weighted by Gasteiger charge is 2.56. The molecule has 0 aromatic carbocycles. The predicted octanol–water partition coefficient (Wildman–Crippen LogP) is 0.732. The highest BCUT2D eigenvalue weighted by molar-refractivity contribution is 5.67. The summed E-state index contributed by atoms with van der Waals surface area (Å²) in [5.41, 5.74) is 3.43.